The van der Waals surface area contributed by atoms with Gasteiger partial charge in [0.05, 0.1) is 29.9 Å². The number of nitro benzene ring substituents is 1. The molecule has 0 radical (unpaired) electrons. The van der Waals surface area contributed by atoms with E-state index in [1.54, 1.807) is 6.92 Å². The molecule has 1 heterocycles. The van der Waals surface area contributed by atoms with Crippen molar-refractivity contribution in [2.24, 2.45) is 11.8 Å². The van der Waals surface area contributed by atoms with Gasteiger partial charge in [-0.05, 0) is 17.7 Å². The molecule has 2 rings (SSSR count). The Balaban J connectivity index is 1.75. The molecule has 26 heavy (non-hydrogen) atoms. The number of nitrogens with one attached hydrogen (secondary N) is 1. The SMILES string of the molecule is CC(COC(=O)OCc1ccc([N+](=O)[O-])cc1)[C@@H]1C(=O)N[C@@H]1CC(=O)O. The molecule has 140 valence electrons. The lowest BCUT2D eigenvalue weighted by molar-refractivity contribution is -0.384. The van der Waals surface area contributed by atoms with Crippen molar-refractivity contribution in [3.63, 3.8) is 0 Å². The summed E-state index contributed by atoms with van der Waals surface area (Å²) in [6.07, 6.45) is -1.13. The van der Waals surface area contributed by atoms with E-state index in [1.165, 1.54) is 24.3 Å². The molecular weight excluding hydrogens is 348 g/mol. The van der Waals surface area contributed by atoms with Crippen molar-refractivity contribution >= 4 is 23.7 Å². The molecule has 0 aromatic heterocycles. The topological polar surface area (TPSA) is 145 Å². The smallest absolute Gasteiger partial charge is 0.481 e. The maximum absolute atomic E-state index is 11.6. The van der Waals surface area contributed by atoms with Gasteiger partial charge in [0.15, 0.2) is 0 Å². The number of hydrogen-bond acceptors (Lipinski definition) is 7. The number of non-ortho nitro benzene ring substituents is 1. The Morgan fingerprint density at radius 2 is 1.96 bits per heavy atom. The second kappa shape index (κ2) is 8.28. The third-order valence-corrected chi connectivity index (χ3v) is 4.04. The molecule has 2 N–H and O–H groups in total. The van der Waals surface area contributed by atoms with E-state index in [-0.39, 0.29) is 37.1 Å². The highest BCUT2D eigenvalue weighted by Crippen LogP contribution is 2.26. The summed E-state index contributed by atoms with van der Waals surface area (Å²) in [5.41, 5.74) is 0.486. The molecule has 3 atom stereocenters. The molecule has 0 bridgehead atoms. The average molecular weight is 366 g/mol. The van der Waals surface area contributed by atoms with Crippen LogP contribution in [0.5, 0.6) is 0 Å². The Morgan fingerprint density at radius 3 is 2.50 bits per heavy atom. The first-order valence-electron chi connectivity index (χ1n) is 7.83. The molecule has 0 spiro atoms. The van der Waals surface area contributed by atoms with Gasteiger partial charge in [-0.2, -0.15) is 0 Å². The van der Waals surface area contributed by atoms with Crippen LogP contribution in [0.25, 0.3) is 0 Å². The van der Waals surface area contributed by atoms with Crippen LogP contribution in [0, 0.1) is 22.0 Å². The zero-order chi connectivity index (χ0) is 19.3. The van der Waals surface area contributed by atoms with Gasteiger partial charge in [-0.15, -0.1) is 0 Å². The number of carbonyl (C=O) groups is 3. The molecule has 1 unspecified atom stereocenters. The van der Waals surface area contributed by atoms with Crippen molar-refractivity contribution in [2.45, 2.75) is 26.0 Å². The van der Waals surface area contributed by atoms with Gasteiger partial charge in [0.25, 0.3) is 5.69 Å². The molecule has 1 aliphatic rings. The standard InChI is InChI=1S/C16H18N2O8/c1-9(14-12(6-13(19)20)17-15(14)21)7-25-16(22)26-8-10-2-4-11(5-3-10)18(23)24/h2-5,9,12,14H,6-8H2,1H3,(H,17,21)(H,19,20)/t9?,12-,14+/m1/s1. The van der Waals surface area contributed by atoms with E-state index in [0.29, 0.717) is 5.56 Å². The van der Waals surface area contributed by atoms with Crippen LogP contribution in [-0.2, 0) is 25.7 Å². The molecule has 1 fully saturated rings. The van der Waals surface area contributed by atoms with Crippen molar-refractivity contribution < 1.29 is 33.9 Å². The third kappa shape index (κ3) is 4.91. The maximum Gasteiger partial charge on any atom is 0.508 e. The second-order valence-electron chi connectivity index (χ2n) is 5.99. The van der Waals surface area contributed by atoms with Crippen LogP contribution in [0.1, 0.15) is 18.9 Å². The van der Waals surface area contributed by atoms with Gasteiger partial charge in [-0.25, -0.2) is 4.79 Å². The van der Waals surface area contributed by atoms with Crippen LogP contribution in [-0.4, -0.2) is 40.7 Å². The molecular formula is C16H18N2O8. The van der Waals surface area contributed by atoms with Gasteiger partial charge in [-0.3, -0.25) is 19.7 Å². The van der Waals surface area contributed by atoms with Gasteiger partial charge < -0.3 is 19.9 Å². The van der Waals surface area contributed by atoms with E-state index < -0.39 is 29.0 Å². The molecule has 1 aromatic carbocycles. The zero-order valence-corrected chi connectivity index (χ0v) is 13.9. The lowest BCUT2D eigenvalue weighted by Crippen LogP contribution is -2.61. The van der Waals surface area contributed by atoms with E-state index in [2.05, 4.69) is 5.32 Å². The third-order valence-electron chi connectivity index (χ3n) is 4.04. The summed E-state index contributed by atoms with van der Waals surface area (Å²) in [7, 11) is 0. The minimum Gasteiger partial charge on any atom is -0.481 e. The van der Waals surface area contributed by atoms with Gasteiger partial charge in [-0.1, -0.05) is 6.92 Å². The van der Waals surface area contributed by atoms with Crippen molar-refractivity contribution in [3.05, 3.63) is 39.9 Å². The summed E-state index contributed by atoms with van der Waals surface area (Å²) in [6, 6.07) is 5.04. The molecule has 10 nitrogen and oxygen atoms in total. The van der Waals surface area contributed by atoms with Gasteiger partial charge in [0.1, 0.15) is 6.61 Å². The first-order valence-corrected chi connectivity index (χ1v) is 7.83. The van der Waals surface area contributed by atoms with Gasteiger partial charge in [0.2, 0.25) is 5.91 Å². The van der Waals surface area contributed by atoms with E-state index in [9.17, 15) is 24.5 Å². The van der Waals surface area contributed by atoms with E-state index in [4.69, 9.17) is 14.6 Å². The molecule has 1 amide bonds. The van der Waals surface area contributed by atoms with Gasteiger partial charge in [0, 0.05) is 18.1 Å². The Morgan fingerprint density at radius 1 is 1.31 bits per heavy atom. The molecule has 1 saturated heterocycles. The molecule has 0 saturated carbocycles. The summed E-state index contributed by atoms with van der Waals surface area (Å²) in [5.74, 6) is -2.18. The fraction of sp³-hybridized carbons (Fsp3) is 0.438. The van der Waals surface area contributed by atoms with E-state index in [0.717, 1.165) is 0 Å². The zero-order valence-electron chi connectivity index (χ0n) is 13.9. The Hall–Kier alpha value is -3.17. The normalized spacial score (nSPS) is 19.7. The molecule has 0 aliphatic carbocycles. The number of nitro groups is 1. The van der Waals surface area contributed by atoms with Crippen molar-refractivity contribution in [1.82, 2.24) is 5.32 Å². The summed E-state index contributed by atoms with van der Waals surface area (Å²) < 4.78 is 9.85. The fourth-order valence-corrected chi connectivity index (χ4v) is 2.68. The number of aliphatic carboxylic acids is 1. The number of amides is 1. The first kappa shape index (κ1) is 19.2. The van der Waals surface area contributed by atoms with Crippen LogP contribution in [0.3, 0.4) is 0 Å². The predicted octanol–water partition coefficient (Wildman–Crippen LogP) is 1.47. The minimum atomic E-state index is -1.02. The summed E-state index contributed by atoms with van der Waals surface area (Å²) in [6.45, 7) is 1.48. The first-order chi connectivity index (χ1) is 12.3. The van der Waals surface area contributed by atoms with Gasteiger partial charge >= 0.3 is 12.1 Å². The summed E-state index contributed by atoms with van der Waals surface area (Å²) in [5, 5.41) is 21.9. The summed E-state index contributed by atoms with van der Waals surface area (Å²) >= 11 is 0. The number of ether oxygens (including phenoxy) is 2. The summed E-state index contributed by atoms with van der Waals surface area (Å²) in [4.78, 5) is 43.9. The number of benzene rings is 1. The molecule has 10 heteroatoms. The van der Waals surface area contributed by atoms with E-state index in [1.807, 2.05) is 0 Å². The average Bonchev–Trinajstić information content (AvgIpc) is 2.57. The van der Waals surface area contributed by atoms with E-state index >= 15 is 0 Å². The van der Waals surface area contributed by atoms with Crippen LogP contribution >= 0.6 is 0 Å². The number of hydrogen-bond donors (Lipinski definition) is 2. The highest BCUT2D eigenvalue weighted by molar-refractivity contribution is 5.87. The lowest BCUT2D eigenvalue weighted by Gasteiger charge is -2.39. The van der Waals surface area contributed by atoms with Crippen molar-refractivity contribution in [2.75, 3.05) is 6.61 Å². The number of β-lactam (4-membered cyclic amide) rings is 1. The second-order valence-corrected chi connectivity index (χ2v) is 5.99. The maximum atomic E-state index is 11.6. The highest BCUT2D eigenvalue weighted by Gasteiger charge is 2.44. The lowest BCUT2D eigenvalue weighted by atomic mass is 9.79. The monoisotopic (exact) mass is 366 g/mol. The molecule has 1 aromatic rings. The number of carboxylic acid groups (broad SMARTS) is 1. The van der Waals surface area contributed by atoms with Crippen molar-refractivity contribution in [3.8, 4) is 0 Å². The number of carboxylic acids is 1. The number of nitrogens with zero attached hydrogens (tertiary/aromatic N) is 1. The Bertz CT molecular complexity index is 703. The largest absolute Gasteiger partial charge is 0.508 e. The van der Waals surface area contributed by atoms with Crippen molar-refractivity contribution in [1.29, 1.82) is 0 Å². The quantitative estimate of drug-likeness (QED) is 0.304. The highest BCUT2D eigenvalue weighted by atomic mass is 16.7. The van der Waals surface area contributed by atoms with Crippen LogP contribution in [0.15, 0.2) is 24.3 Å². The van der Waals surface area contributed by atoms with Crippen LogP contribution in [0.4, 0.5) is 10.5 Å². The predicted molar refractivity (Wildman–Crippen MR) is 86.1 cm³/mol. The minimum absolute atomic E-state index is 0.0696. The Labute approximate surface area is 148 Å². The van der Waals surface area contributed by atoms with Crippen LogP contribution in [0.2, 0.25) is 0 Å². The number of rotatable bonds is 8. The fourth-order valence-electron chi connectivity index (χ4n) is 2.68. The Kier molecular flexibility index (Phi) is 6.10. The van der Waals surface area contributed by atoms with Crippen LogP contribution < -0.4 is 5.32 Å². The number of carbonyl (C=O) groups excluding carboxylic acids is 2. The molecule has 1 aliphatic heterocycles.